The molecule has 0 bridgehead atoms. The van der Waals surface area contributed by atoms with Gasteiger partial charge in [-0.1, -0.05) is 12.8 Å². The molecule has 0 saturated heterocycles. The summed E-state index contributed by atoms with van der Waals surface area (Å²) in [4.78, 5) is 0. The predicted octanol–water partition coefficient (Wildman–Crippen LogP) is 0.542. The van der Waals surface area contributed by atoms with Crippen molar-refractivity contribution in [3.8, 4) is 0 Å². The molecule has 0 heterocycles. The summed E-state index contributed by atoms with van der Waals surface area (Å²) in [5, 5.41) is 12.7. The molecule has 15 heavy (non-hydrogen) atoms. The molecule has 4 heteroatoms. The number of hydrogen-bond acceptors (Lipinski definition) is 4. The first-order valence-corrected chi connectivity index (χ1v) is 5.82. The van der Waals surface area contributed by atoms with Crippen molar-refractivity contribution in [3.63, 3.8) is 0 Å². The highest BCUT2D eigenvalue weighted by Gasteiger charge is 2.16. The van der Waals surface area contributed by atoms with E-state index >= 15 is 0 Å². The quantitative estimate of drug-likeness (QED) is 0.583. The summed E-state index contributed by atoms with van der Waals surface area (Å²) < 4.78 is 10.5. The number of nitrogens with one attached hydrogen (secondary N) is 1. The van der Waals surface area contributed by atoms with Gasteiger partial charge in [-0.25, -0.2) is 0 Å². The van der Waals surface area contributed by atoms with E-state index < -0.39 is 6.10 Å². The number of methoxy groups -OCH3 is 1. The SMILES string of the molecule is COCCNCC(O)COC1CCCC1. The number of rotatable bonds is 8. The Hall–Kier alpha value is -0.160. The van der Waals surface area contributed by atoms with Gasteiger partial charge < -0.3 is 19.9 Å². The second-order valence-electron chi connectivity index (χ2n) is 4.09. The van der Waals surface area contributed by atoms with Crippen molar-refractivity contribution in [2.24, 2.45) is 0 Å². The Labute approximate surface area is 92.0 Å². The third-order valence-corrected chi connectivity index (χ3v) is 2.69. The van der Waals surface area contributed by atoms with E-state index in [1.807, 2.05) is 0 Å². The fourth-order valence-electron chi connectivity index (χ4n) is 1.80. The summed E-state index contributed by atoms with van der Waals surface area (Å²) in [7, 11) is 1.67. The summed E-state index contributed by atoms with van der Waals surface area (Å²) in [6.45, 7) is 2.48. The number of hydrogen-bond donors (Lipinski definition) is 2. The third kappa shape index (κ3) is 6.10. The molecule has 0 spiro atoms. The van der Waals surface area contributed by atoms with Crippen LogP contribution in [0.1, 0.15) is 25.7 Å². The van der Waals surface area contributed by atoms with Crippen molar-refractivity contribution < 1.29 is 14.6 Å². The molecule has 1 unspecified atom stereocenters. The lowest BCUT2D eigenvalue weighted by Gasteiger charge is -2.15. The smallest absolute Gasteiger partial charge is 0.0897 e. The third-order valence-electron chi connectivity index (χ3n) is 2.69. The molecular weight excluding hydrogens is 194 g/mol. The van der Waals surface area contributed by atoms with Crippen LogP contribution in [-0.4, -0.2) is 50.7 Å². The Kier molecular flexibility index (Phi) is 6.92. The monoisotopic (exact) mass is 217 g/mol. The van der Waals surface area contributed by atoms with Gasteiger partial charge >= 0.3 is 0 Å². The molecule has 0 aliphatic heterocycles. The molecule has 2 N–H and O–H groups in total. The predicted molar refractivity (Wildman–Crippen MR) is 59.0 cm³/mol. The topological polar surface area (TPSA) is 50.7 Å². The van der Waals surface area contributed by atoms with E-state index in [-0.39, 0.29) is 0 Å². The number of aliphatic hydroxyl groups excluding tert-OH is 1. The lowest BCUT2D eigenvalue weighted by molar-refractivity contribution is -0.00572. The van der Waals surface area contributed by atoms with Crippen molar-refractivity contribution >= 4 is 0 Å². The van der Waals surface area contributed by atoms with Crippen LogP contribution in [0, 0.1) is 0 Å². The normalized spacial score (nSPS) is 19.6. The van der Waals surface area contributed by atoms with Gasteiger partial charge in [-0.3, -0.25) is 0 Å². The molecule has 0 amide bonds. The first-order valence-electron chi connectivity index (χ1n) is 5.82. The van der Waals surface area contributed by atoms with Gasteiger partial charge in [0.05, 0.1) is 25.4 Å². The summed E-state index contributed by atoms with van der Waals surface area (Å²) in [6.07, 6.45) is 4.84. The average molecular weight is 217 g/mol. The Balaban J connectivity index is 1.90. The van der Waals surface area contributed by atoms with Crippen molar-refractivity contribution in [2.75, 3.05) is 33.4 Å². The van der Waals surface area contributed by atoms with Crippen LogP contribution in [-0.2, 0) is 9.47 Å². The first kappa shape index (κ1) is 12.9. The zero-order valence-electron chi connectivity index (χ0n) is 9.58. The maximum absolute atomic E-state index is 9.58. The van der Waals surface area contributed by atoms with Crippen LogP contribution < -0.4 is 5.32 Å². The highest BCUT2D eigenvalue weighted by molar-refractivity contribution is 4.68. The molecule has 1 rings (SSSR count). The summed E-state index contributed by atoms with van der Waals surface area (Å²) in [5.74, 6) is 0. The molecule has 0 radical (unpaired) electrons. The van der Waals surface area contributed by atoms with Gasteiger partial charge in [-0.2, -0.15) is 0 Å². The van der Waals surface area contributed by atoms with Crippen LogP contribution in [0.5, 0.6) is 0 Å². The van der Waals surface area contributed by atoms with Crippen molar-refractivity contribution in [3.05, 3.63) is 0 Å². The Morgan fingerprint density at radius 1 is 1.40 bits per heavy atom. The molecule has 90 valence electrons. The minimum atomic E-state index is -0.401. The fraction of sp³-hybridized carbons (Fsp3) is 1.00. The van der Waals surface area contributed by atoms with Crippen molar-refractivity contribution in [1.29, 1.82) is 0 Å². The first-order chi connectivity index (χ1) is 7.33. The maximum atomic E-state index is 9.58. The molecular formula is C11H23NO3. The van der Waals surface area contributed by atoms with E-state index in [1.54, 1.807) is 7.11 Å². The standard InChI is InChI=1S/C11H23NO3/c1-14-7-6-12-8-10(13)9-15-11-4-2-3-5-11/h10-13H,2-9H2,1H3. The molecule has 1 aliphatic rings. The summed E-state index contributed by atoms with van der Waals surface area (Å²) in [5.41, 5.74) is 0. The fourth-order valence-corrected chi connectivity index (χ4v) is 1.80. The molecule has 1 aliphatic carbocycles. The summed E-state index contributed by atoms with van der Waals surface area (Å²) >= 11 is 0. The van der Waals surface area contributed by atoms with Crippen LogP contribution in [0.2, 0.25) is 0 Å². The minimum Gasteiger partial charge on any atom is -0.389 e. The highest BCUT2D eigenvalue weighted by Crippen LogP contribution is 2.20. The van der Waals surface area contributed by atoms with Crippen LogP contribution in [0.3, 0.4) is 0 Å². The van der Waals surface area contributed by atoms with Gasteiger partial charge in [0.1, 0.15) is 0 Å². The van der Waals surface area contributed by atoms with Gasteiger partial charge in [0.15, 0.2) is 0 Å². The molecule has 1 saturated carbocycles. The minimum absolute atomic E-state index is 0.388. The zero-order chi connectivity index (χ0) is 10.9. The van der Waals surface area contributed by atoms with Crippen molar-refractivity contribution in [2.45, 2.75) is 37.9 Å². The van der Waals surface area contributed by atoms with Gasteiger partial charge in [0, 0.05) is 20.2 Å². The molecule has 0 aromatic carbocycles. The largest absolute Gasteiger partial charge is 0.389 e. The second kappa shape index (κ2) is 8.05. The van der Waals surface area contributed by atoms with Gasteiger partial charge in [0.2, 0.25) is 0 Å². The van der Waals surface area contributed by atoms with E-state index in [0.29, 0.717) is 25.9 Å². The lowest BCUT2D eigenvalue weighted by Crippen LogP contribution is -2.33. The van der Waals surface area contributed by atoms with E-state index in [1.165, 1.54) is 12.8 Å². The molecule has 1 atom stereocenters. The van der Waals surface area contributed by atoms with Crippen LogP contribution in [0.15, 0.2) is 0 Å². The number of aliphatic hydroxyl groups is 1. The van der Waals surface area contributed by atoms with Gasteiger partial charge in [-0.15, -0.1) is 0 Å². The van der Waals surface area contributed by atoms with Crippen LogP contribution in [0.4, 0.5) is 0 Å². The van der Waals surface area contributed by atoms with Crippen LogP contribution in [0.25, 0.3) is 0 Å². The Bertz CT molecular complexity index is 149. The Morgan fingerprint density at radius 3 is 2.80 bits per heavy atom. The Morgan fingerprint density at radius 2 is 2.13 bits per heavy atom. The molecule has 1 fully saturated rings. The van der Waals surface area contributed by atoms with Crippen molar-refractivity contribution in [1.82, 2.24) is 5.32 Å². The van der Waals surface area contributed by atoms with E-state index in [0.717, 1.165) is 19.4 Å². The van der Waals surface area contributed by atoms with E-state index in [4.69, 9.17) is 9.47 Å². The van der Waals surface area contributed by atoms with Gasteiger partial charge in [-0.05, 0) is 12.8 Å². The molecule has 4 nitrogen and oxygen atoms in total. The average Bonchev–Trinajstić information content (AvgIpc) is 2.74. The van der Waals surface area contributed by atoms with Crippen LogP contribution >= 0.6 is 0 Å². The van der Waals surface area contributed by atoms with E-state index in [9.17, 15) is 5.11 Å². The maximum Gasteiger partial charge on any atom is 0.0897 e. The number of ether oxygens (including phenoxy) is 2. The van der Waals surface area contributed by atoms with Gasteiger partial charge in [0.25, 0.3) is 0 Å². The lowest BCUT2D eigenvalue weighted by atomic mass is 10.3. The molecule has 0 aromatic heterocycles. The zero-order valence-corrected chi connectivity index (χ0v) is 9.58. The second-order valence-corrected chi connectivity index (χ2v) is 4.09. The summed E-state index contributed by atoms with van der Waals surface area (Å²) in [6, 6.07) is 0. The van der Waals surface area contributed by atoms with E-state index in [2.05, 4.69) is 5.32 Å². The molecule has 0 aromatic rings. The highest BCUT2D eigenvalue weighted by atomic mass is 16.5.